The molecule has 1 N–H and O–H groups in total. The summed E-state index contributed by atoms with van der Waals surface area (Å²) in [5, 5.41) is 9.16. The first-order valence-corrected chi connectivity index (χ1v) is 6.31. The van der Waals surface area contributed by atoms with Crippen molar-refractivity contribution in [3.05, 3.63) is 34.9 Å². The molecule has 1 rings (SSSR count). The zero-order chi connectivity index (χ0) is 12.2. The van der Waals surface area contributed by atoms with E-state index in [0.717, 1.165) is 18.4 Å². The van der Waals surface area contributed by atoms with Crippen molar-refractivity contribution in [1.82, 2.24) is 0 Å². The Bertz CT molecular complexity index is 339. The number of alkyl halides is 1. The summed E-state index contributed by atoms with van der Waals surface area (Å²) in [5.41, 5.74) is 3.81. The number of hydrogen-bond donors (Lipinski definition) is 1. The summed E-state index contributed by atoms with van der Waals surface area (Å²) in [4.78, 5) is 0. The molecule has 0 atom stereocenters. The van der Waals surface area contributed by atoms with Gasteiger partial charge in [0, 0.05) is 5.88 Å². The van der Waals surface area contributed by atoms with Crippen molar-refractivity contribution in [1.29, 1.82) is 0 Å². The third-order valence-corrected chi connectivity index (χ3v) is 3.01. The van der Waals surface area contributed by atoms with Crippen LogP contribution in [-0.4, -0.2) is 11.0 Å². The maximum absolute atomic E-state index is 9.16. The maximum Gasteiger partial charge on any atom is 0.0681 e. The molecule has 1 aromatic carbocycles. The van der Waals surface area contributed by atoms with Gasteiger partial charge in [-0.15, -0.1) is 11.6 Å². The summed E-state index contributed by atoms with van der Waals surface area (Å²) >= 11 is 5.74. The number of rotatable bonds is 4. The molecule has 0 bridgehead atoms. The predicted molar refractivity (Wildman–Crippen MR) is 70.1 cm³/mol. The van der Waals surface area contributed by atoms with Crippen LogP contribution >= 0.6 is 11.6 Å². The number of benzene rings is 1. The van der Waals surface area contributed by atoms with E-state index < -0.39 is 0 Å². The van der Waals surface area contributed by atoms with Gasteiger partial charge in [-0.3, -0.25) is 0 Å². The van der Waals surface area contributed by atoms with Crippen molar-refractivity contribution in [2.75, 3.05) is 5.88 Å². The maximum atomic E-state index is 9.16. The van der Waals surface area contributed by atoms with Gasteiger partial charge < -0.3 is 5.11 Å². The van der Waals surface area contributed by atoms with Crippen LogP contribution < -0.4 is 0 Å². The average Bonchev–Trinajstić information content (AvgIpc) is 2.24. The monoisotopic (exact) mass is 240 g/mol. The van der Waals surface area contributed by atoms with Crippen LogP contribution in [0.1, 0.15) is 43.9 Å². The zero-order valence-electron chi connectivity index (χ0n) is 10.4. The second kappa shape index (κ2) is 5.70. The Morgan fingerprint density at radius 1 is 1.25 bits per heavy atom. The Kier molecular flexibility index (Phi) is 4.82. The summed E-state index contributed by atoms with van der Waals surface area (Å²) in [6.07, 6.45) is 1.98. The summed E-state index contributed by atoms with van der Waals surface area (Å²) in [6.45, 7) is 6.75. The first kappa shape index (κ1) is 13.5. The van der Waals surface area contributed by atoms with Gasteiger partial charge in [0.2, 0.25) is 0 Å². The van der Waals surface area contributed by atoms with Gasteiger partial charge in [0.15, 0.2) is 0 Å². The van der Waals surface area contributed by atoms with Crippen LogP contribution in [0.3, 0.4) is 0 Å². The highest BCUT2D eigenvalue weighted by atomic mass is 35.5. The molecule has 0 unspecified atom stereocenters. The molecular weight excluding hydrogens is 220 g/mol. The van der Waals surface area contributed by atoms with Crippen LogP contribution in [0.25, 0.3) is 0 Å². The molecular formula is C14H21ClO. The van der Waals surface area contributed by atoms with E-state index in [9.17, 15) is 0 Å². The van der Waals surface area contributed by atoms with Gasteiger partial charge in [-0.05, 0) is 34.9 Å². The molecule has 1 nitrogen and oxygen atoms in total. The van der Waals surface area contributed by atoms with Crippen LogP contribution in [0.4, 0.5) is 0 Å². The summed E-state index contributed by atoms with van der Waals surface area (Å²) in [7, 11) is 0. The van der Waals surface area contributed by atoms with Gasteiger partial charge in [0.05, 0.1) is 6.61 Å². The molecule has 0 fully saturated rings. The van der Waals surface area contributed by atoms with Crippen molar-refractivity contribution in [3.63, 3.8) is 0 Å². The van der Waals surface area contributed by atoms with Crippen LogP contribution in [0, 0.1) is 0 Å². The largest absolute Gasteiger partial charge is 0.392 e. The molecule has 0 radical (unpaired) electrons. The summed E-state index contributed by atoms with van der Waals surface area (Å²) < 4.78 is 0. The second-order valence-electron chi connectivity index (χ2n) is 5.19. The molecule has 0 aliphatic heterocycles. The molecule has 0 saturated heterocycles. The number of aryl methyl sites for hydroxylation is 1. The fraction of sp³-hybridized carbons (Fsp3) is 0.571. The van der Waals surface area contributed by atoms with Crippen LogP contribution in [0.15, 0.2) is 18.2 Å². The van der Waals surface area contributed by atoms with Gasteiger partial charge in [0.1, 0.15) is 0 Å². The number of halogens is 1. The van der Waals surface area contributed by atoms with Crippen LogP contribution in [0.5, 0.6) is 0 Å². The molecule has 0 heterocycles. The molecule has 16 heavy (non-hydrogen) atoms. The lowest BCUT2D eigenvalue weighted by molar-refractivity contribution is 0.281. The fourth-order valence-electron chi connectivity index (χ4n) is 1.94. The lowest BCUT2D eigenvalue weighted by atomic mass is 9.82. The Morgan fingerprint density at radius 2 is 1.94 bits per heavy atom. The molecule has 90 valence electrons. The zero-order valence-corrected chi connectivity index (χ0v) is 11.1. The highest BCUT2D eigenvalue weighted by Gasteiger charge is 2.17. The van der Waals surface area contributed by atoms with Gasteiger partial charge in [-0.2, -0.15) is 0 Å². The lowest BCUT2D eigenvalue weighted by Gasteiger charge is -2.23. The van der Waals surface area contributed by atoms with E-state index in [1.54, 1.807) is 0 Å². The van der Waals surface area contributed by atoms with E-state index in [-0.39, 0.29) is 12.0 Å². The minimum atomic E-state index is 0.109. The van der Waals surface area contributed by atoms with Crippen LogP contribution in [-0.2, 0) is 18.4 Å². The van der Waals surface area contributed by atoms with E-state index >= 15 is 0 Å². The molecule has 0 aliphatic carbocycles. The Hall–Kier alpha value is -0.530. The highest BCUT2D eigenvalue weighted by Crippen LogP contribution is 2.27. The van der Waals surface area contributed by atoms with Crippen molar-refractivity contribution >= 4 is 11.6 Å². The standard InChI is InChI=1S/C14H21ClO/c1-14(2,3)13-7-6-11(10-16)9-12(13)5-4-8-15/h6-7,9,16H,4-5,8,10H2,1-3H3. The summed E-state index contributed by atoms with van der Waals surface area (Å²) in [5.74, 6) is 0.687. The SMILES string of the molecule is CC(C)(C)c1ccc(CO)cc1CCCCl. The minimum absolute atomic E-state index is 0.109. The van der Waals surface area contributed by atoms with Crippen LogP contribution in [0.2, 0.25) is 0 Å². The Balaban J connectivity index is 3.06. The van der Waals surface area contributed by atoms with Crippen molar-refractivity contribution in [2.45, 2.75) is 45.6 Å². The van der Waals surface area contributed by atoms with E-state index in [2.05, 4.69) is 32.9 Å². The number of aliphatic hydroxyl groups excluding tert-OH is 1. The normalized spacial score (nSPS) is 11.8. The first-order chi connectivity index (χ1) is 7.49. The van der Waals surface area contributed by atoms with E-state index in [0.29, 0.717) is 5.88 Å². The molecule has 0 aliphatic rings. The number of aliphatic hydroxyl groups is 1. The van der Waals surface area contributed by atoms with Crippen molar-refractivity contribution in [2.24, 2.45) is 0 Å². The fourth-order valence-corrected chi connectivity index (χ4v) is 2.07. The summed E-state index contributed by atoms with van der Waals surface area (Å²) in [6, 6.07) is 6.24. The van der Waals surface area contributed by atoms with Crippen molar-refractivity contribution < 1.29 is 5.11 Å². The predicted octanol–water partition coefficient (Wildman–Crippen LogP) is 3.65. The van der Waals surface area contributed by atoms with Gasteiger partial charge in [-0.25, -0.2) is 0 Å². The minimum Gasteiger partial charge on any atom is -0.392 e. The van der Waals surface area contributed by atoms with Gasteiger partial charge in [0.25, 0.3) is 0 Å². The smallest absolute Gasteiger partial charge is 0.0681 e. The molecule has 0 saturated carbocycles. The van der Waals surface area contributed by atoms with E-state index in [1.165, 1.54) is 11.1 Å². The first-order valence-electron chi connectivity index (χ1n) is 5.78. The molecule has 2 heteroatoms. The number of hydrogen-bond acceptors (Lipinski definition) is 1. The Morgan fingerprint density at radius 3 is 2.44 bits per heavy atom. The van der Waals surface area contributed by atoms with Gasteiger partial charge >= 0.3 is 0 Å². The van der Waals surface area contributed by atoms with E-state index in [1.807, 2.05) is 6.07 Å². The second-order valence-corrected chi connectivity index (χ2v) is 5.57. The highest BCUT2D eigenvalue weighted by molar-refractivity contribution is 6.17. The molecule has 0 aromatic heterocycles. The topological polar surface area (TPSA) is 20.2 Å². The van der Waals surface area contributed by atoms with Crippen molar-refractivity contribution in [3.8, 4) is 0 Å². The lowest BCUT2D eigenvalue weighted by Crippen LogP contribution is -2.14. The molecule has 0 amide bonds. The molecule has 1 aromatic rings. The third-order valence-electron chi connectivity index (χ3n) is 2.74. The average molecular weight is 241 g/mol. The van der Waals surface area contributed by atoms with E-state index in [4.69, 9.17) is 16.7 Å². The quantitative estimate of drug-likeness (QED) is 0.797. The third kappa shape index (κ3) is 3.50. The Labute approximate surface area is 103 Å². The molecule has 0 spiro atoms. The van der Waals surface area contributed by atoms with Gasteiger partial charge in [-0.1, -0.05) is 39.0 Å².